The first kappa shape index (κ1) is 19.8. The van der Waals surface area contributed by atoms with Crippen molar-refractivity contribution < 1.29 is 9.59 Å². The Morgan fingerprint density at radius 2 is 1.86 bits per heavy atom. The molecule has 1 aliphatic heterocycles. The number of benzene rings is 2. The topological polar surface area (TPSA) is 73.5 Å². The normalized spacial score (nSPS) is 13.5. The van der Waals surface area contributed by atoms with E-state index in [1.165, 1.54) is 5.56 Å². The standard InChI is InChI=1S/C21H24N4O2S/c1-14(2)15-8-10-17(11-9-15)22-21(28)24-23-20(27)16-5-3-6-18(13-16)25-12-4-7-19(25)26/h3,5-6,8-11,13-14H,4,7,12H2,1-2H3,(H,23,27)(H2,22,24,28). The molecule has 3 N–H and O–H groups in total. The van der Waals surface area contributed by atoms with Crippen molar-refractivity contribution in [2.45, 2.75) is 32.6 Å². The van der Waals surface area contributed by atoms with E-state index in [2.05, 4.69) is 30.0 Å². The maximum absolute atomic E-state index is 12.4. The highest BCUT2D eigenvalue weighted by atomic mass is 32.1. The number of carbonyl (C=O) groups excluding carboxylic acids is 2. The summed E-state index contributed by atoms with van der Waals surface area (Å²) < 4.78 is 0. The molecule has 2 aromatic carbocycles. The highest BCUT2D eigenvalue weighted by molar-refractivity contribution is 7.80. The first-order chi connectivity index (χ1) is 13.4. The van der Waals surface area contributed by atoms with Crippen molar-refractivity contribution in [2.24, 2.45) is 0 Å². The fraction of sp³-hybridized carbons (Fsp3) is 0.286. The Morgan fingerprint density at radius 1 is 1.11 bits per heavy atom. The van der Waals surface area contributed by atoms with Crippen molar-refractivity contribution in [2.75, 3.05) is 16.8 Å². The average Bonchev–Trinajstić information content (AvgIpc) is 3.12. The molecule has 1 fully saturated rings. The van der Waals surface area contributed by atoms with Gasteiger partial charge in [-0.15, -0.1) is 0 Å². The third-order valence-corrected chi connectivity index (χ3v) is 4.82. The van der Waals surface area contributed by atoms with Crippen molar-refractivity contribution in [3.05, 3.63) is 59.7 Å². The second-order valence-corrected chi connectivity index (χ2v) is 7.42. The molecule has 2 amide bonds. The van der Waals surface area contributed by atoms with E-state index in [9.17, 15) is 9.59 Å². The summed E-state index contributed by atoms with van der Waals surface area (Å²) in [5.74, 6) is 0.224. The lowest BCUT2D eigenvalue weighted by molar-refractivity contribution is -0.117. The lowest BCUT2D eigenvalue weighted by Crippen LogP contribution is -2.43. The molecule has 1 heterocycles. The third-order valence-electron chi connectivity index (χ3n) is 4.62. The molecular formula is C21H24N4O2S. The predicted octanol–water partition coefficient (Wildman–Crippen LogP) is 3.57. The van der Waals surface area contributed by atoms with Crippen LogP contribution in [0.5, 0.6) is 0 Å². The number of carbonyl (C=O) groups is 2. The molecule has 0 spiro atoms. The Hall–Kier alpha value is -2.93. The molecular weight excluding hydrogens is 372 g/mol. The van der Waals surface area contributed by atoms with Crippen molar-refractivity contribution in [1.29, 1.82) is 0 Å². The van der Waals surface area contributed by atoms with Crippen LogP contribution in [0.15, 0.2) is 48.5 Å². The first-order valence-electron chi connectivity index (χ1n) is 9.32. The van der Waals surface area contributed by atoms with Crippen molar-refractivity contribution in [3.8, 4) is 0 Å². The van der Waals surface area contributed by atoms with Gasteiger partial charge in [0, 0.05) is 29.9 Å². The van der Waals surface area contributed by atoms with E-state index >= 15 is 0 Å². The van der Waals surface area contributed by atoms with Crippen LogP contribution >= 0.6 is 12.2 Å². The summed E-state index contributed by atoms with van der Waals surface area (Å²) >= 11 is 5.23. The van der Waals surface area contributed by atoms with Gasteiger partial charge in [0.05, 0.1) is 0 Å². The molecule has 2 aromatic rings. The number of nitrogens with one attached hydrogen (secondary N) is 3. The molecule has 3 rings (SSSR count). The van der Waals surface area contributed by atoms with Gasteiger partial charge in [-0.1, -0.05) is 32.0 Å². The lowest BCUT2D eigenvalue weighted by Gasteiger charge is -2.17. The monoisotopic (exact) mass is 396 g/mol. The van der Waals surface area contributed by atoms with E-state index in [1.807, 2.05) is 30.3 Å². The highest BCUT2D eigenvalue weighted by Crippen LogP contribution is 2.22. The van der Waals surface area contributed by atoms with Crippen LogP contribution in [0.3, 0.4) is 0 Å². The van der Waals surface area contributed by atoms with Gasteiger partial charge >= 0.3 is 0 Å². The van der Waals surface area contributed by atoms with Crippen LogP contribution in [0, 0.1) is 0 Å². The van der Waals surface area contributed by atoms with Crippen LogP contribution in [0.25, 0.3) is 0 Å². The number of anilines is 2. The Morgan fingerprint density at radius 3 is 2.50 bits per heavy atom. The minimum atomic E-state index is -0.326. The van der Waals surface area contributed by atoms with Gasteiger partial charge in [0.1, 0.15) is 0 Å². The lowest BCUT2D eigenvalue weighted by atomic mass is 10.0. The van der Waals surface area contributed by atoms with E-state index in [1.54, 1.807) is 23.1 Å². The number of thiocarbonyl (C=S) groups is 1. The van der Waals surface area contributed by atoms with Gasteiger partial charge < -0.3 is 10.2 Å². The molecule has 1 aliphatic rings. The van der Waals surface area contributed by atoms with Crippen LogP contribution in [0.4, 0.5) is 11.4 Å². The molecule has 0 aliphatic carbocycles. The zero-order valence-electron chi connectivity index (χ0n) is 16.0. The molecule has 28 heavy (non-hydrogen) atoms. The second-order valence-electron chi connectivity index (χ2n) is 7.01. The van der Waals surface area contributed by atoms with Gasteiger partial charge in [0.15, 0.2) is 5.11 Å². The quantitative estimate of drug-likeness (QED) is 0.544. The predicted molar refractivity (Wildman–Crippen MR) is 115 cm³/mol. The summed E-state index contributed by atoms with van der Waals surface area (Å²) in [6.07, 6.45) is 1.39. The Balaban J connectivity index is 1.55. The highest BCUT2D eigenvalue weighted by Gasteiger charge is 2.22. The molecule has 0 bridgehead atoms. The number of hydrazine groups is 1. The fourth-order valence-corrected chi connectivity index (χ4v) is 3.20. The minimum Gasteiger partial charge on any atom is -0.331 e. The van der Waals surface area contributed by atoms with Gasteiger partial charge in [-0.2, -0.15) is 0 Å². The smallest absolute Gasteiger partial charge is 0.269 e. The fourth-order valence-electron chi connectivity index (χ4n) is 3.04. The zero-order chi connectivity index (χ0) is 20.1. The molecule has 146 valence electrons. The van der Waals surface area contributed by atoms with E-state index < -0.39 is 0 Å². The van der Waals surface area contributed by atoms with E-state index in [-0.39, 0.29) is 16.9 Å². The number of rotatable bonds is 4. The third kappa shape index (κ3) is 4.86. The molecule has 6 nitrogen and oxygen atoms in total. The van der Waals surface area contributed by atoms with Gasteiger partial charge in [-0.25, -0.2) is 0 Å². The SMILES string of the molecule is CC(C)c1ccc(NC(=S)NNC(=O)c2cccc(N3CCCC3=O)c2)cc1. The molecule has 0 atom stereocenters. The first-order valence-corrected chi connectivity index (χ1v) is 9.72. The maximum Gasteiger partial charge on any atom is 0.269 e. The number of hydrogen-bond acceptors (Lipinski definition) is 3. The van der Waals surface area contributed by atoms with Gasteiger partial charge in [0.2, 0.25) is 5.91 Å². The number of hydrogen-bond donors (Lipinski definition) is 3. The van der Waals surface area contributed by atoms with Gasteiger partial charge in [-0.3, -0.25) is 20.4 Å². The number of amides is 2. The molecule has 0 aromatic heterocycles. The van der Waals surface area contributed by atoms with E-state index in [4.69, 9.17) is 12.2 Å². The van der Waals surface area contributed by atoms with Crippen LogP contribution in [0.1, 0.15) is 48.5 Å². The molecule has 0 radical (unpaired) electrons. The second kappa shape index (κ2) is 8.84. The largest absolute Gasteiger partial charge is 0.331 e. The van der Waals surface area contributed by atoms with Crippen LogP contribution in [-0.2, 0) is 4.79 Å². The summed E-state index contributed by atoms with van der Waals surface area (Å²) in [4.78, 5) is 26.0. The van der Waals surface area contributed by atoms with Crippen molar-refractivity contribution in [3.63, 3.8) is 0 Å². The molecule has 1 saturated heterocycles. The van der Waals surface area contributed by atoms with Gasteiger partial charge in [-0.05, 0) is 60.5 Å². The summed E-state index contributed by atoms with van der Waals surface area (Å²) in [5, 5.41) is 3.32. The van der Waals surface area contributed by atoms with E-state index in [0.29, 0.717) is 24.4 Å². The van der Waals surface area contributed by atoms with Crippen LogP contribution in [0.2, 0.25) is 0 Å². The summed E-state index contributed by atoms with van der Waals surface area (Å²) in [6.45, 7) is 4.96. The van der Waals surface area contributed by atoms with Crippen molar-refractivity contribution >= 4 is 40.5 Å². The summed E-state index contributed by atoms with van der Waals surface area (Å²) in [5.41, 5.74) is 8.56. The van der Waals surface area contributed by atoms with Gasteiger partial charge in [0.25, 0.3) is 5.91 Å². The Bertz CT molecular complexity index is 880. The Labute approximate surface area is 170 Å². The Kier molecular flexibility index (Phi) is 6.26. The molecule has 7 heteroatoms. The van der Waals surface area contributed by atoms with E-state index in [0.717, 1.165) is 17.8 Å². The zero-order valence-corrected chi connectivity index (χ0v) is 16.8. The van der Waals surface area contributed by atoms with Crippen LogP contribution in [-0.4, -0.2) is 23.5 Å². The van der Waals surface area contributed by atoms with Crippen LogP contribution < -0.4 is 21.1 Å². The average molecular weight is 397 g/mol. The summed E-state index contributed by atoms with van der Waals surface area (Å²) in [6, 6.07) is 15.0. The molecule has 0 unspecified atom stereocenters. The van der Waals surface area contributed by atoms with Crippen molar-refractivity contribution in [1.82, 2.24) is 10.9 Å². The molecule has 0 saturated carbocycles. The number of nitrogens with zero attached hydrogens (tertiary/aromatic N) is 1. The minimum absolute atomic E-state index is 0.0875. The maximum atomic E-state index is 12.4. The summed E-state index contributed by atoms with van der Waals surface area (Å²) in [7, 11) is 0.